The van der Waals surface area contributed by atoms with E-state index in [1.54, 1.807) is 6.07 Å². The summed E-state index contributed by atoms with van der Waals surface area (Å²) in [5, 5.41) is 14.0. The van der Waals surface area contributed by atoms with E-state index in [4.69, 9.17) is 22.6 Å². The van der Waals surface area contributed by atoms with Gasteiger partial charge in [0.05, 0.1) is 22.8 Å². The van der Waals surface area contributed by atoms with Crippen LogP contribution in [0.25, 0.3) is 11.3 Å². The smallest absolute Gasteiger partial charge is 0.101 e. The molecule has 5 heteroatoms. The SMILES string of the molecule is CC[C@@H](N)Cn1ccc(-c2ccc(C#N)c(Cl)c2C)n1. The van der Waals surface area contributed by atoms with Crippen LogP contribution in [0.5, 0.6) is 0 Å². The normalized spacial score (nSPS) is 12.2. The maximum Gasteiger partial charge on any atom is 0.101 e. The van der Waals surface area contributed by atoms with Gasteiger partial charge >= 0.3 is 0 Å². The number of aromatic nitrogens is 2. The van der Waals surface area contributed by atoms with E-state index >= 15 is 0 Å². The molecule has 2 rings (SSSR count). The quantitative estimate of drug-likeness (QED) is 0.940. The lowest BCUT2D eigenvalue weighted by atomic mass is 10.0. The maximum atomic E-state index is 8.97. The summed E-state index contributed by atoms with van der Waals surface area (Å²) < 4.78 is 1.84. The lowest BCUT2D eigenvalue weighted by molar-refractivity contribution is 0.501. The average Bonchev–Trinajstić information content (AvgIpc) is 2.89. The number of nitrogens with two attached hydrogens (primary N) is 1. The second kappa shape index (κ2) is 6.08. The molecule has 1 atom stereocenters. The molecule has 0 aliphatic rings. The van der Waals surface area contributed by atoms with Crippen LogP contribution in [0.3, 0.4) is 0 Å². The zero-order valence-electron chi connectivity index (χ0n) is 11.6. The van der Waals surface area contributed by atoms with Gasteiger partial charge in [0.25, 0.3) is 0 Å². The summed E-state index contributed by atoms with van der Waals surface area (Å²) in [4.78, 5) is 0. The Hall–Kier alpha value is -1.83. The first-order valence-electron chi connectivity index (χ1n) is 6.55. The van der Waals surface area contributed by atoms with Crippen LogP contribution in [-0.4, -0.2) is 15.8 Å². The molecule has 0 radical (unpaired) electrons. The number of hydrogen-bond acceptors (Lipinski definition) is 3. The first-order chi connectivity index (χ1) is 9.56. The van der Waals surface area contributed by atoms with Gasteiger partial charge in [-0.3, -0.25) is 4.68 Å². The van der Waals surface area contributed by atoms with Gasteiger partial charge in [-0.15, -0.1) is 0 Å². The number of benzene rings is 1. The van der Waals surface area contributed by atoms with Gasteiger partial charge in [-0.2, -0.15) is 10.4 Å². The Kier molecular flexibility index (Phi) is 4.43. The van der Waals surface area contributed by atoms with Crippen molar-refractivity contribution >= 4 is 11.6 Å². The van der Waals surface area contributed by atoms with Gasteiger partial charge in [-0.1, -0.05) is 24.6 Å². The van der Waals surface area contributed by atoms with E-state index in [0.29, 0.717) is 17.1 Å². The van der Waals surface area contributed by atoms with Gasteiger partial charge in [-0.05, 0) is 31.0 Å². The zero-order valence-corrected chi connectivity index (χ0v) is 12.4. The standard InChI is InChI=1S/C15H17ClN4/c1-3-12(18)9-20-7-6-14(19-20)13-5-4-11(8-17)15(16)10(13)2/h4-7,12H,3,9,18H2,1-2H3/t12-/m1/s1. The summed E-state index contributed by atoms with van der Waals surface area (Å²) in [5.41, 5.74) is 9.07. The van der Waals surface area contributed by atoms with Crippen molar-refractivity contribution in [1.29, 1.82) is 5.26 Å². The monoisotopic (exact) mass is 288 g/mol. The maximum absolute atomic E-state index is 8.97. The van der Waals surface area contributed by atoms with Crippen molar-refractivity contribution in [1.82, 2.24) is 9.78 Å². The summed E-state index contributed by atoms with van der Waals surface area (Å²) >= 11 is 6.18. The Morgan fingerprint density at radius 2 is 2.20 bits per heavy atom. The molecule has 0 saturated carbocycles. The number of halogens is 1. The van der Waals surface area contributed by atoms with Crippen LogP contribution in [0, 0.1) is 18.3 Å². The summed E-state index contributed by atoms with van der Waals surface area (Å²) in [6, 6.07) is 7.73. The lowest BCUT2D eigenvalue weighted by Gasteiger charge is -2.09. The summed E-state index contributed by atoms with van der Waals surface area (Å²) in [6.45, 7) is 4.65. The Morgan fingerprint density at radius 1 is 1.45 bits per heavy atom. The summed E-state index contributed by atoms with van der Waals surface area (Å²) in [7, 11) is 0. The lowest BCUT2D eigenvalue weighted by Crippen LogP contribution is -2.25. The van der Waals surface area contributed by atoms with E-state index in [1.165, 1.54) is 0 Å². The van der Waals surface area contributed by atoms with E-state index in [9.17, 15) is 0 Å². The molecule has 0 bridgehead atoms. The minimum absolute atomic E-state index is 0.105. The van der Waals surface area contributed by atoms with Crippen LogP contribution in [0.1, 0.15) is 24.5 Å². The second-order valence-electron chi connectivity index (χ2n) is 4.80. The topological polar surface area (TPSA) is 67.6 Å². The molecule has 2 N–H and O–H groups in total. The highest BCUT2D eigenvalue weighted by molar-refractivity contribution is 6.32. The van der Waals surface area contributed by atoms with Gasteiger partial charge in [0.15, 0.2) is 0 Å². The Balaban J connectivity index is 2.34. The highest BCUT2D eigenvalue weighted by Gasteiger charge is 2.12. The number of hydrogen-bond donors (Lipinski definition) is 1. The van der Waals surface area contributed by atoms with Crippen LogP contribution in [0.4, 0.5) is 0 Å². The second-order valence-corrected chi connectivity index (χ2v) is 5.18. The van der Waals surface area contributed by atoms with Crippen molar-refractivity contribution in [2.45, 2.75) is 32.9 Å². The number of nitrogens with zero attached hydrogens (tertiary/aromatic N) is 3. The van der Waals surface area contributed by atoms with Crippen molar-refractivity contribution in [2.24, 2.45) is 5.73 Å². The molecule has 0 unspecified atom stereocenters. The van der Waals surface area contributed by atoms with E-state index in [-0.39, 0.29) is 6.04 Å². The largest absolute Gasteiger partial charge is 0.326 e. The highest BCUT2D eigenvalue weighted by Crippen LogP contribution is 2.29. The van der Waals surface area contributed by atoms with E-state index < -0.39 is 0 Å². The van der Waals surface area contributed by atoms with Crippen LogP contribution < -0.4 is 5.73 Å². The summed E-state index contributed by atoms with van der Waals surface area (Å²) in [6.07, 6.45) is 2.83. The Labute approximate surface area is 123 Å². The third-order valence-corrected chi connectivity index (χ3v) is 3.86. The fraction of sp³-hybridized carbons (Fsp3) is 0.333. The van der Waals surface area contributed by atoms with Crippen LogP contribution >= 0.6 is 11.6 Å². The predicted octanol–water partition coefficient (Wildman–Crippen LogP) is 3.12. The molecule has 0 aliphatic carbocycles. The molecule has 0 aliphatic heterocycles. The van der Waals surface area contributed by atoms with Gasteiger partial charge in [-0.25, -0.2) is 0 Å². The van der Waals surface area contributed by atoms with Gasteiger partial charge in [0.2, 0.25) is 0 Å². The molecular formula is C15H17ClN4. The first-order valence-corrected chi connectivity index (χ1v) is 6.93. The third kappa shape index (κ3) is 2.84. The molecule has 1 aromatic carbocycles. The number of rotatable bonds is 4. The highest BCUT2D eigenvalue weighted by atomic mass is 35.5. The van der Waals surface area contributed by atoms with E-state index in [0.717, 1.165) is 23.2 Å². The fourth-order valence-corrected chi connectivity index (χ4v) is 2.23. The molecule has 2 aromatic rings. The Morgan fingerprint density at radius 3 is 2.85 bits per heavy atom. The van der Waals surface area contributed by atoms with Gasteiger partial charge in [0, 0.05) is 17.8 Å². The van der Waals surface area contributed by atoms with E-state index in [2.05, 4.69) is 18.1 Å². The number of nitriles is 1. The minimum Gasteiger partial charge on any atom is -0.326 e. The first kappa shape index (κ1) is 14.6. The minimum atomic E-state index is 0.105. The molecule has 0 saturated heterocycles. The molecule has 0 fully saturated rings. The zero-order chi connectivity index (χ0) is 14.7. The van der Waals surface area contributed by atoms with Crippen LogP contribution in [-0.2, 0) is 6.54 Å². The van der Waals surface area contributed by atoms with E-state index in [1.807, 2.05) is 29.9 Å². The average molecular weight is 289 g/mol. The predicted molar refractivity (Wildman–Crippen MR) is 80.4 cm³/mol. The van der Waals surface area contributed by atoms with Gasteiger partial charge in [0.1, 0.15) is 6.07 Å². The van der Waals surface area contributed by atoms with Crippen molar-refractivity contribution in [3.63, 3.8) is 0 Å². The summed E-state index contributed by atoms with van der Waals surface area (Å²) in [5.74, 6) is 0. The Bertz CT molecular complexity index is 654. The van der Waals surface area contributed by atoms with Gasteiger partial charge < -0.3 is 5.73 Å². The molecule has 1 heterocycles. The van der Waals surface area contributed by atoms with Crippen LogP contribution in [0.2, 0.25) is 5.02 Å². The molecule has 20 heavy (non-hydrogen) atoms. The van der Waals surface area contributed by atoms with Crippen LogP contribution in [0.15, 0.2) is 24.4 Å². The van der Waals surface area contributed by atoms with Crippen molar-refractivity contribution in [3.8, 4) is 17.3 Å². The molecule has 0 spiro atoms. The molecule has 0 amide bonds. The molecular weight excluding hydrogens is 272 g/mol. The molecule has 1 aromatic heterocycles. The fourth-order valence-electron chi connectivity index (χ4n) is 2.03. The third-order valence-electron chi connectivity index (χ3n) is 3.37. The van der Waals surface area contributed by atoms with Crippen molar-refractivity contribution < 1.29 is 0 Å². The van der Waals surface area contributed by atoms with Crippen molar-refractivity contribution in [3.05, 3.63) is 40.5 Å². The molecule has 4 nitrogen and oxygen atoms in total. The van der Waals surface area contributed by atoms with Crippen molar-refractivity contribution in [2.75, 3.05) is 0 Å². The molecule has 104 valence electrons.